The number of thioether (sulfide) groups is 1. The van der Waals surface area contributed by atoms with Crippen molar-refractivity contribution in [1.29, 1.82) is 0 Å². The van der Waals surface area contributed by atoms with Gasteiger partial charge in [0, 0.05) is 19.4 Å². The highest BCUT2D eigenvalue weighted by Gasteiger charge is 2.30. The van der Waals surface area contributed by atoms with Crippen molar-refractivity contribution in [2.45, 2.75) is 13.3 Å². The van der Waals surface area contributed by atoms with E-state index in [1.165, 1.54) is 17.3 Å². The van der Waals surface area contributed by atoms with Crippen LogP contribution in [0.15, 0.2) is 58.7 Å². The van der Waals surface area contributed by atoms with Crippen molar-refractivity contribution in [1.82, 2.24) is 9.88 Å². The summed E-state index contributed by atoms with van der Waals surface area (Å²) in [5, 5.41) is 0.698. The molecule has 0 radical (unpaired) electrons. The normalized spacial score (nSPS) is 18.2. The molecule has 2 heterocycles. The fraction of sp³-hybridized carbons (Fsp3) is 0.167. The standard InChI is InChI=1S/C18H17N3OS/c1-3-13-5-4-6-15(11-13)20-18-21(2)17(22)16(23-18)12-14-7-9-19-10-8-14/h4-12H,3H2,1-2H3/b16-12-,20-18?. The minimum atomic E-state index is -0.0304. The van der Waals surface area contributed by atoms with Gasteiger partial charge in [0.2, 0.25) is 0 Å². The molecule has 1 fully saturated rings. The van der Waals surface area contributed by atoms with E-state index in [9.17, 15) is 4.79 Å². The van der Waals surface area contributed by atoms with Gasteiger partial charge >= 0.3 is 0 Å². The molecular formula is C18H17N3OS. The number of aliphatic imine (C=N–C) groups is 1. The molecule has 0 atom stereocenters. The summed E-state index contributed by atoms with van der Waals surface area (Å²) in [7, 11) is 1.76. The van der Waals surface area contributed by atoms with Crippen LogP contribution < -0.4 is 0 Å². The first-order valence-corrected chi connectivity index (χ1v) is 8.24. The lowest BCUT2D eigenvalue weighted by Crippen LogP contribution is -2.23. The molecule has 1 amide bonds. The number of amidine groups is 1. The van der Waals surface area contributed by atoms with Crippen LogP contribution in [0.4, 0.5) is 5.69 Å². The number of benzene rings is 1. The van der Waals surface area contributed by atoms with Crippen molar-refractivity contribution in [3.05, 3.63) is 64.8 Å². The van der Waals surface area contributed by atoms with Crippen molar-refractivity contribution < 1.29 is 4.79 Å². The van der Waals surface area contributed by atoms with E-state index >= 15 is 0 Å². The summed E-state index contributed by atoms with van der Waals surface area (Å²) in [6, 6.07) is 11.8. The molecule has 0 bridgehead atoms. The van der Waals surface area contributed by atoms with E-state index in [2.05, 4.69) is 29.0 Å². The predicted molar refractivity (Wildman–Crippen MR) is 95.5 cm³/mol. The molecular weight excluding hydrogens is 306 g/mol. The molecule has 5 heteroatoms. The molecule has 3 rings (SSSR count). The highest BCUT2D eigenvalue weighted by atomic mass is 32.2. The zero-order valence-electron chi connectivity index (χ0n) is 13.1. The fourth-order valence-corrected chi connectivity index (χ4v) is 3.21. The molecule has 1 saturated heterocycles. The van der Waals surface area contributed by atoms with Gasteiger partial charge in [-0.15, -0.1) is 0 Å². The Morgan fingerprint density at radius 3 is 2.78 bits per heavy atom. The SMILES string of the molecule is CCc1cccc(N=C2S/C(=C\c3ccncc3)C(=O)N2C)c1. The van der Waals surface area contributed by atoms with Crippen LogP contribution in [-0.2, 0) is 11.2 Å². The molecule has 0 unspecified atom stereocenters. The van der Waals surface area contributed by atoms with Crippen LogP contribution in [0.1, 0.15) is 18.1 Å². The van der Waals surface area contributed by atoms with Gasteiger partial charge < -0.3 is 0 Å². The Morgan fingerprint density at radius 1 is 1.26 bits per heavy atom. The number of amides is 1. The Labute approximate surface area is 140 Å². The van der Waals surface area contributed by atoms with Gasteiger partial charge in [0.25, 0.3) is 5.91 Å². The van der Waals surface area contributed by atoms with E-state index in [1.54, 1.807) is 24.3 Å². The zero-order valence-corrected chi connectivity index (χ0v) is 13.9. The van der Waals surface area contributed by atoms with Crippen LogP contribution in [0.5, 0.6) is 0 Å². The number of aryl methyl sites for hydroxylation is 1. The number of nitrogens with zero attached hydrogens (tertiary/aromatic N) is 3. The highest BCUT2D eigenvalue weighted by Crippen LogP contribution is 2.33. The maximum Gasteiger partial charge on any atom is 0.266 e. The molecule has 1 aromatic heterocycles. The number of pyridine rings is 1. The molecule has 23 heavy (non-hydrogen) atoms. The van der Waals surface area contributed by atoms with Crippen LogP contribution >= 0.6 is 11.8 Å². The van der Waals surface area contributed by atoms with E-state index in [0.717, 1.165) is 17.7 Å². The largest absolute Gasteiger partial charge is 0.290 e. The summed E-state index contributed by atoms with van der Waals surface area (Å²) in [6.45, 7) is 2.11. The summed E-state index contributed by atoms with van der Waals surface area (Å²) in [5.41, 5.74) is 3.06. The predicted octanol–water partition coefficient (Wildman–Crippen LogP) is 3.88. The summed E-state index contributed by atoms with van der Waals surface area (Å²) in [5.74, 6) is -0.0304. The molecule has 0 N–H and O–H groups in total. The number of rotatable bonds is 3. The Balaban J connectivity index is 1.89. The third kappa shape index (κ3) is 3.51. The molecule has 0 saturated carbocycles. The molecule has 1 aliphatic heterocycles. The van der Waals surface area contributed by atoms with E-state index in [4.69, 9.17) is 0 Å². The molecule has 116 valence electrons. The van der Waals surface area contributed by atoms with Gasteiger partial charge in [-0.25, -0.2) is 4.99 Å². The first-order chi connectivity index (χ1) is 11.2. The summed E-state index contributed by atoms with van der Waals surface area (Å²) < 4.78 is 0. The van der Waals surface area contributed by atoms with Gasteiger partial charge in [0.1, 0.15) is 0 Å². The number of hydrogen-bond donors (Lipinski definition) is 0. The fourth-order valence-electron chi connectivity index (χ4n) is 2.22. The van der Waals surface area contributed by atoms with E-state index in [0.29, 0.717) is 10.1 Å². The Bertz CT molecular complexity index is 784. The van der Waals surface area contributed by atoms with Crippen LogP contribution in [0.2, 0.25) is 0 Å². The maximum absolute atomic E-state index is 12.4. The summed E-state index contributed by atoms with van der Waals surface area (Å²) in [6.07, 6.45) is 6.26. The molecule has 1 aromatic carbocycles. The second-order valence-electron chi connectivity index (χ2n) is 5.17. The first kappa shape index (κ1) is 15.5. The first-order valence-electron chi connectivity index (χ1n) is 7.42. The van der Waals surface area contributed by atoms with Crippen LogP contribution in [-0.4, -0.2) is 28.0 Å². The quantitative estimate of drug-likeness (QED) is 0.805. The minimum absolute atomic E-state index is 0.0304. The molecule has 1 aliphatic rings. The minimum Gasteiger partial charge on any atom is -0.290 e. The number of hydrogen-bond acceptors (Lipinski definition) is 4. The van der Waals surface area contributed by atoms with E-state index in [1.807, 2.05) is 30.3 Å². The van der Waals surface area contributed by atoms with Gasteiger partial charge in [-0.2, -0.15) is 0 Å². The van der Waals surface area contributed by atoms with Crippen molar-refractivity contribution in [2.75, 3.05) is 7.05 Å². The van der Waals surface area contributed by atoms with E-state index in [-0.39, 0.29) is 5.91 Å². The Kier molecular flexibility index (Phi) is 4.57. The molecule has 0 aliphatic carbocycles. The van der Waals surface area contributed by atoms with Gasteiger partial charge in [-0.1, -0.05) is 19.1 Å². The average molecular weight is 323 g/mol. The van der Waals surface area contributed by atoms with Crippen molar-refractivity contribution in [3.63, 3.8) is 0 Å². The smallest absolute Gasteiger partial charge is 0.266 e. The highest BCUT2D eigenvalue weighted by molar-refractivity contribution is 8.18. The zero-order chi connectivity index (χ0) is 16.2. The number of carbonyl (C=O) groups excluding carboxylic acids is 1. The lowest BCUT2D eigenvalue weighted by atomic mass is 10.1. The number of likely N-dealkylation sites (N-methyl/N-ethyl adjacent to an activating group) is 1. The van der Waals surface area contributed by atoms with Crippen molar-refractivity contribution >= 4 is 34.6 Å². The second-order valence-corrected chi connectivity index (χ2v) is 6.18. The van der Waals surface area contributed by atoms with Gasteiger partial charge in [0.05, 0.1) is 10.6 Å². The number of aromatic nitrogens is 1. The Morgan fingerprint density at radius 2 is 2.04 bits per heavy atom. The third-order valence-electron chi connectivity index (χ3n) is 3.55. The van der Waals surface area contributed by atoms with Gasteiger partial charge in [0.15, 0.2) is 5.17 Å². The molecule has 0 spiro atoms. The topological polar surface area (TPSA) is 45.6 Å². The van der Waals surface area contributed by atoms with Gasteiger partial charge in [-0.05, 0) is 59.7 Å². The van der Waals surface area contributed by atoms with Crippen LogP contribution in [0, 0.1) is 0 Å². The third-order valence-corrected chi connectivity index (χ3v) is 4.61. The molecule has 4 nitrogen and oxygen atoms in total. The lowest BCUT2D eigenvalue weighted by molar-refractivity contribution is -0.121. The Hall–Kier alpha value is -2.40. The van der Waals surface area contributed by atoms with E-state index < -0.39 is 0 Å². The monoisotopic (exact) mass is 323 g/mol. The summed E-state index contributed by atoms with van der Waals surface area (Å²) in [4.78, 5) is 23.2. The molecule has 2 aromatic rings. The van der Waals surface area contributed by atoms with Crippen LogP contribution in [0.25, 0.3) is 6.08 Å². The van der Waals surface area contributed by atoms with Crippen LogP contribution in [0.3, 0.4) is 0 Å². The van der Waals surface area contributed by atoms with Gasteiger partial charge in [-0.3, -0.25) is 14.7 Å². The second kappa shape index (κ2) is 6.79. The summed E-state index contributed by atoms with van der Waals surface area (Å²) >= 11 is 1.40. The number of carbonyl (C=O) groups is 1. The van der Waals surface area contributed by atoms with Crippen molar-refractivity contribution in [2.24, 2.45) is 4.99 Å². The van der Waals surface area contributed by atoms with Crippen molar-refractivity contribution in [3.8, 4) is 0 Å². The maximum atomic E-state index is 12.4. The average Bonchev–Trinajstić information content (AvgIpc) is 2.84. The lowest BCUT2D eigenvalue weighted by Gasteiger charge is -2.07.